The summed E-state index contributed by atoms with van der Waals surface area (Å²) in [4.78, 5) is 26.7. The fourth-order valence-corrected chi connectivity index (χ4v) is 2.88. The maximum atomic E-state index is 12.4. The number of nitrogens with one attached hydrogen (secondary N) is 2. The molecule has 3 rings (SSSR count). The van der Waals surface area contributed by atoms with E-state index in [1.807, 2.05) is 42.5 Å². The molecule has 5 nitrogen and oxygen atoms in total. The number of anilines is 1. The van der Waals surface area contributed by atoms with E-state index < -0.39 is 5.97 Å². The van der Waals surface area contributed by atoms with E-state index in [1.165, 1.54) is 5.56 Å². The zero-order chi connectivity index (χ0) is 18.0. The minimum absolute atomic E-state index is 0.00240. The number of fused-ring (bicyclic) bond motifs is 1. The average molecular weight is 336 g/mol. The second-order valence-corrected chi connectivity index (χ2v) is 6.33. The predicted octanol–water partition coefficient (Wildman–Crippen LogP) is 4.17. The summed E-state index contributed by atoms with van der Waals surface area (Å²) in [6.07, 6.45) is -0.00240. The van der Waals surface area contributed by atoms with E-state index >= 15 is 0 Å². The Morgan fingerprint density at radius 2 is 1.76 bits per heavy atom. The van der Waals surface area contributed by atoms with Crippen LogP contribution in [-0.2, 0) is 11.2 Å². The number of benzene rings is 2. The van der Waals surface area contributed by atoms with Crippen LogP contribution in [0.1, 0.15) is 41.4 Å². The lowest BCUT2D eigenvalue weighted by Gasteiger charge is -2.08. The molecule has 0 unspecified atom stereocenters. The molecule has 0 fully saturated rings. The number of aromatic carboxylic acids is 1. The molecule has 5 heteroatoms. The average Bonchev–Trinajstić information content (AvgIpc) is 2.94. The normalized spacial score (nSPS) is 11.0. The van der Waals surface area contributed by atoms with Crippen LogP contribution in [0.15, 0.2) is 48.5 Å². The van der Waals surface area contributed by atoms with Crippen LogP contribution in [0.2, 0.25) is 0 Å². The van der Waals surface area contributed by atoms with Crippen LogP contribution in [0.25, 0.3) is 10.9 Å². The van der Waals surface area contributed by atoms with Gasteiger partial charge in [0.1, 0.15) is 5.69 Å². The molecule has 0 radical (unpaired) electrons. The van der Waals surface area contributed by atoms with Gasteiger partial charge in [0.05, 0.1) is 6.42 Å². The summed E-state index contributed by atoms with van der Waals surface area (Å²) in [5.74, 6) is -0.890. The molecule has 0 atom stereocenters. The van der Waals surface area contributed by atoms with Crippen molar-refractivity contribution in [3.63, 3.8) is 0 Å². The second kappa shape index (κ2) is 6.81. The third kappa shape index (κ3) is 3.55. The molecule has 3 aromatic rings. The van der Waals surface area contributed by atoms with E-state index in [9.17, 15) is 14.7 Å². The highest BCUT2D eigenvalue weighted by molar-refractivity contribution is 6.02. The summed E-state index contributed by atoms with van der Waals surface area (Å²) in [7, 11) is 0. The topological polar surface area (TPSA) is 82.2 Å². The number of aromatic nitrogens is 1. The van der Waals surface area contributed by atoms with Crippen LogP contribution < -0.4 is 5.32 Å². The molecule has 0 aliphatic heterocycles. The summed E-state index contributed by atoms with van der Waals surface area (Å²) in [5, 5.41) is 13.0. The second-order valence-electron chi connectivity index (χ2n) is 6.33. The molecule has 3 N–H and O–H groups in total. The molecule has 1 heterocycles. The van der Waals surface area contributed by atoms with Gasteiger partial charge in [-0.25, -0.2) is 4.79 Å². The van der Waals surface area contributed by atoms with Crippen molar-refractivity contribution in [1.29, 1.82) is 0 Å². The van der Waals surface area contributed by atoms with Crippen molar-refractivity contribution < 1.29 is 14.7 Å². The van der Waals surface area contributed by atoms with Crippen molar-refractivity contribution in [3.05, 3.63) is 65.4 Å². The van der Waals surface area contributed by atoms with Gasteiger partial charge in [-0.1, -0.05) is 44.2 Å². The number of H-pyrrole nitrogens is 1. The SMILES string of the molecule is CC(C)c1ccc(NC(=O)Cc2c(C(=O)O)[nH]c3ccccc23)cc1. The number of amides is 1. The molecule has 0 aliphatic carbocycles. The lowest BCUT2D eigenvalue weighted by Crippen LogP contribution is -2.16. The van der Waals surface area contributed by atoms with Crippen molar-refractivity contribution in [1.82, 2.24) is 4.98 Å². The Morgan fingerprint density at radius 1 is 1.08 bits per heavy atom. The Labute approximate surface area is 145 Å². The van der Waals surface area contributed by atoms with E-state index in [0.29, 0.717) is 22.7 Å². The Kier molecular flexibility index (Phi) is 4.57. The number of carbonyl (C=O) groups excluding carboxylic acids is 1. The maximum absolute atomic E-state index is 12.4. The van der Waals surface area contributed by atoms with Gasteiger partial charge in [0.15, 0.2) is 0 Å². The van der Waals surface area contributed by atoms with E-state index in [4.69, 9.17) is 0 Å². The monoisotopic (exact) mass is 336 g/mol. The first kappa shape index (κ1) is 16.8. The molecule has 0 saturated heterocycles. The van der Waals surface area contributed by atoms with Crippen LogP contribution in [-0.4, -0.2) is 22.0 Å². The highest BCUT2D eigenvalue weighted by Gasteiger charge is 2.19. The van der Waals surface area contributed by atoms with E-state index in [0.717, 1.165) is 5.39 Å². The maximum Gasteiger partial charge on any atom is 0.352 e. The van der Waals surface area contributed by atoms with Crippen molar-refractivity contribution in [2.45, 2.75) is 26.2 Å². The molecule has 1 aromatic heterocycles. The number of carboxylic acid groups (broad SMARTS) is 1. The Morgan fingerprint density at radius 3 is 2.40 bits per heavy atom. The van der Waals surface area contributed by atoms with Crippen molar-refractivity contribution in [2.24, 2.45) is 0 Å². The first-order chi connectivity index (χ1) is 12.0. The standard InChI is InChI=1S/C20H20N2O3/c1-12(2)13-7-9-14(10-8-13)21-18(23)11-16-15-5-3-4-6-17(15)22-19(16)20(24)25/h3-10,12,22H,11H2,1-2H3,(H,21,23)(H,24,25). The fraction of sp³-hybridized carbons (Fsp3) is 0.200. The lowest BCUT2D eigenvalue weighted by molar-refractivity contribution is -0.115. The smallest absolute Gasteiger partial charge is 0.352 e. The number of rotatable bonds is 5. The molecule has 0 aliphatic rings. The van der Waals surface area contributed by atoms with Gasteiger partial charge in [0.2, 0.25) is 5.91 Å². The van der Waals surface area contributed by atoms with E-state index in [1.54, 1.807) is 6.07 Å². The molecule has 0 bridgehead atoms. The van der Waals surface area contributed by atoms with Crippen LogP contribution in [0.3, 0.4) is 0 Å². The van der Waals surface area contributed by atoms with Crippen LogP contribution in [0.5, 0.6) is 0 Å². The molecule has 0 saturated carbocycles. The summed E-state index contributed by atoms with van der Waals surface area (Å²) < 4.78 is 0. The van der Waals surface area contributed by atoms with Crippen LogP contribution in [0.4, 0.5) is 5.69 Å². The molecular formula is C20H20N2O3. The Bertz CT molecular complexity index is 924. The highest BCUT2D eigenvalue weighted by Crippen LogP contribution is 2.24. The summed E-state index contributed by atoms with van der Waals surface area (Å²) in [5.41, 5.74) is 3.17. The molecule has 2 aromatic carbocycles. The van der Waals surface area contributed by atoms with Gasteiger partial charge >= 0.3 is 5.97 Å². The number of para-hydroxylation sites is 1. The number of hydrogen-bond acceptors (Lipinski definition) is 2. The van der Waals surface area contributed by atoms with Crippen molar-refractivity contribution in [2.75, 3.05) is 5.32 Å². The zero-order valence-corrected chi connectivity index (χ0v) is 14.2. The highest BCUT2D eigenvalue weighted by atomic mass is 16.4. The largest absolute Gasteiger partial charge is 0.477 e. The van der Waals surface area contributed by atoms with Gasteiger partial charge in [-0.2, -0.15) is 0 Å². The summed E-state index contributed by atoms with van der Waals surface area (Å²) in [6, 6.07) is 15.0. The lowest BCUT2D eigenvalue weighted by atomic mass is 10.0. The number of carbonyl (C=O) groups is 2. The van der Waals surface area contributed by atoms with Crippen molar-refractivity contribution >= 4 is 28.5 Å². The van der Waals surface area contributed by atoms with Crippen LogP contribution in [0, 0.1) is 0 Å². The zero-order valence-electron chi connectivity index (χ0n) is 14.2. The van der Waals surface area contributed by atoms with Gasteiger partial charge in [0.25, 0.3) is 0 Å². The molecule has 25 heavy (non-hydrogen) atoms. The van der Waals surface area contributed by atoms with Crippen LogP contribution >= 0.6 is 0 Å². The van der Waals surface area contributed by atoms with Gasteiger partial charge < -0.3 is 15.4 Å². The van der Waals surface area contributed by atoms with Gasteiger partial charge in [-0.15, -0.1) is 0 Å². The number of aromatic amines is 1. The number of carboxylic acids is 1. The van der Waals surface area contributed by atoms with E-state index in [2.05, 4.69) is 24.1 Å². The first-order valence-electron chi connectivity index (χ1n) is 8.18. The summed E-state index contributed by atoms with van der Waals surface area (Å²) >= 11 is 0. The van der Waals surface area contributed by atoms with Gasteiger partial charge in [0, 0.05) is 22.2 Å². The minimum atomic E-state index is -1.07. The molecule has 128 valence electrons. The summed E-state index contributed by atoms with van der Waals surface area (Å²) in [6.45, 7) is 4.22. The third-order valence-electron chi connectivity index (χ3n) is 4.23. The van der Waals surface area contributed by atoms with Gasteiger partial charge in [-0.05, 0) is 29.7 Å². The third-order valence-corrected chi connectivity index (χ3v) is 4.23. The van der Waals surface area contributed by atoms with E-state index in [-0.39, 0.29) is 18.0 Å². The Hall–Kier alpha value is -3.08. The first-order valence-corrected chi connectivity index (χ1v) is 8.18. The predicted molar refractivity (Wildman–Crippen MR) is 98.1 cm³/mol. The minimum Gasteiger partial charge on any atom is -0.477 e. The number of hydrogen-bond donors (Lipinski definition) is 3. The fourth-order valence-electron chi connectivity index (χ4n) is 2.88. The quantitative estimate of drug-likeness (QED) is 0.654. The molecule has 0 spiro atoms. The Balaban J connectivity index is 1.82. The molecular weight excluding hydrogens is 316 g/mol. The molecule has 1 amide bonds. The van der Waals surface area contributed by atoms with Gasteiger partial charge in [-0.3, -0.25) is 4.79 Å². The van der Waals surface area contributed by atoms with Crippen molar-refractivity contribution in [3.8, 4) is 0 Å².